The molecule has 0 saturated carbocycles. The molecule has 0 N–H and O–H groups in total. The molecule has 4 nitrogen and oxygen atoms in total. The van der Waals surface area contributed by atoms with E-state index in [4.69, 9.17) is 9.31 Å². The lowest BCUT2D eigenvalue weighted by molar-refractivity contribution is -0.370. The lowest BCUT2D eigenvalue weighted by Crippen LogP contribution is -2.76. The molecule has 8 rings (SSSR count). The average Bonchev–Trinajstić information content (AvgIpc) is 3.94. The van der Waals surface area contributed by atoms with E-state index in [0.717, 1.165) is 0 Å². The Morgan fingerprint density at radius 1 is 0.283 bits per heavy atom. The van der Waals surface area contributed by atoms with E-state index in [9.17, 15) is 52.7 Å². The first-order valence-corrected chi connectivity index (χ1v) is 16.0. The molecule has 4 aliphatic rings. The normalized spacial score (nSPS) is 17.1. The van der Waals surface area contributed by atoms with Crippen LogP contribution in [0.4, 0.5) is 87.8 Å². The summed E-state index contributed by atoms with van der Waals surface area (Å²) in [6.07, 6.45) is 2.65. The van der Waals surface area contributed by atoms with Crippen molar-refractivity contribution in [1.29, 1.82) is 0 Å². The molecule has 0 aliphatic carbocycles. The van der Waals surface area contributed by atoms with Crippen LogP contribution in [0.3, 0.4) is 0 Å². The monoisotopic (exact) mass is 876 g/mol. The van der Waals surface area contributed by atoms with Gasteiger partial charge in [0, 0.05) is 24.3 Å². The summed E-state index contributed by atoms with van der Waals surface area (Å²) in [5.74, 6) is -62.8. The fraction of sp³-hybridized carbons (Fsp3) is 0. The van der Waals surface area contributed by atoms with E-state index >= 15 is 35.1 Å². The number of hydrogen-bond donors (Lipinski definition) is 0. The molecule has 4 heterocycles. The van der Waals surface area contributed by atoms with Crippen molar-refractivity contribution in [1.82, 2.24) is 0 Å². The molecule has 60 heavy (non-hydrogen) atoms. The average molecular weight is 876 g/mol. The summed E-state index contributed by atoms with van der Waals surface area (Å²) < 4.78 is 316. The minimum absolute atomic E-state index is 0.175. The van der Waals surface area contributed by atoms with Gasteiger partial charge in [0.25, 0.3) is 0 Å². The summed E-state index contributed by atoms with van der Waals surface area (Å²) >= 11 is 0. The molecule has 0 saturated heterocycles. The number of fused-ring (bicyclic) bond motifs is 3. The first kappa shape index (κ1) is 40.3. The number of allylic oxidation sites excluding steroid dienone is 4. The second kappa shape index (κ2) is 13.0. The van der Waals surface area contributed by atoms with Gasteiger partial charge in [-0.2, -0.15) is 0 Å². The van der Waals surface area contributed by atoms with Crippen molar-refractivity contribution < 1.29 is 106 Å². The highest BCUT2D eigenvalue weighted by atomic mass is 19.2. The van der Waals surface area contributed by atoms with Crippen molar-refractivity contribution in [2.75, 3.05) is 0 Å². The van der Waals surface area contributed by atoms with Crippen molar-refractivity contribution in [3.8, 4) is 0 Å². The van der Waals surface area contributed by atoms with Crippen molar-refractivity contribution in [3.63, 3.8) is 0 Å². The van der Waals surface area contributed by atoms with Crippen molar-refractivity contribution in [2.24, 2.45) is 0 Å². The van der Waals surface area contributed by atoms with E-state index in [-0.39, 0.29) is 21.4 Å². The Morgan fingerprint density at radius 3 is 0.667 bits per heavy atom. The van der Waals surface area contributed by atoms with Gasteiger partial charge in [0.1, 0.15) is 59.0 Å². The van der Waals surface area contributed by atoms with Gasteiger partial charge < -0.3 is 18.3 Å². The summed E-state index contributed by atoms with van der Waals surface area (Å²) in [6, 6.07) is 0. The predicted molar refractivity (Wildman–Crippen MR) is 162 cm³/mol. The molecule has 4 aromatic rings. The van der Waals surface area contributed by atoms with Gasteiger partial charge in [0.05, 0.1) is 0 Å². The Hall–Kier alpha value is -6.49. The van der Waals surface area contributed by atoms with Crippen molar-refractivity contribution in [2.45, 2.75) is 0 Å². The van der Waals surface area contributed by atoms with Gasteiger partial charge in [0.2, 0.25) is 0 Å². The fourth-order valence-corrected chi connectivity index (χ4v) is 7.66. The van der Waals surface area contributed by atoms with Crippen LogP contribution < -0.4 is 21.9 Å². The van der Waals surface area contributed by atoms with Crippen LogP contribution in [0.1, 0.15) is 0 Å². The Balaban J connectivity index is 1.59. The molecule has 4 aliphatic heterocycles. The number of benzene rings is 4. The minimum Gasteiger partial charge on any atom is -0.644 e. The third-order valence-electron chi connectivity index (χ3n) is 10.1. The molecule has 0 radical (unpaired) electrons. The van der Waals surface area contributed by atoms with Gasteiger partial charge in [-0.3, -0.25) is 0 Å². The highest BCUT2D eigenvalue weighted by Gasteiger charge is 2.66. The molecular formula is C34H6B2F20N2O2. The van der Waals surface area contributed by atoms with Gasteiger partial charge in [-0.05, 0) is 21.9 Å². The molecule has 0 spiro atoms. The second-order valence-corrected chi connectivity index (χ2v) is 12.9. The highest BCUT2D eigenvalue weighted by molar-refractivity contribution is 6.93. The fourth-order valence-electron chi connectivity index (χ4n) is 7.66. The highest BCUT2D eigenvalue weighted by Crippen LogP contribution is 2.44. The summed E-state index contributed by atoms with van der Waals surface area (Å²) in [7, 11) is 0. The molecule has 26 heteroatoms. The molecule has 0 unspecified atom stereocenters. The van der Waals surface area contributed by atoms with Crippen LogP contribution in [0.2, 0.25) is 0 Å². The van der Waals surface area contributed by atoms with Crippen LogP contribution in [0.25, 0.3) is 0 Å². The van der Waals surface area contributed by atoms with E-state index in [2.05, 4.69) is 0 Å². The summed E-state index contributed by atoms with van der Waals surface area (Å²) in [5, 5.41) is 0. The number of halogens is 20. The molecular weight excluding hydrogens is 870 g/mol. The van der Waals surface area contributed by atoms with Crippen LogP contribution in [0, 0.1) is 116 Å². The molecule has 0 fully saturated rings. The first-order chi connectivity index (χ1) is 28.1. The summed E-state index contributed by atoms with van der Waals surface area (Å²) in [4.78, 5) is 0. The van der Waals surface area contributed by atoms with Gasteiger partial charge in [0.15, 0.2) is 92.7 Å². The maximum absolute atomic E-state index is 16.0. The van der Waals surface area contributed by atoms with E-state index < -0.39 is 174 Å². The molecule has 0 atom stereocenters. The van der Waals surface area contributed by atoms with E-state index in [1.165, 1.54) is 0 Å². The molecule has 4 aromatic carbocycles. The maximum Gasteiger partial charge on any atom is 0.525 e. The van der Waals surface area contributed by atoms with Crippen LogP contribution in [-0.2, 0) is 9.31 Å². The third kappa shape index (κ3) is 4.68. The smallest absolute Gasteiger partial charge is 0.525 e. The summed E-state index contributed by atoms with van der Waals surface area (Å²) in [6.45, 7) is -11.1. The lowest BCUT2D eigenvalue weighted by atomic mass is 9.38. The van der Waals surface area contributed by atoms with Gasteiger partial charge in [-0.1, -0.05) is 0 Å². The Bertz CT molecular complexity index is 2510. The summed E-state index contributed by atoms with van der Waals surface area (Å²) in [5.41, 5.74) is -12.7. The van der Waals surface area contributed by atoms with E-state index in [1.54, 1.807) is 0 Å². The lowest BCUT2D eigenvalue weighted by Gasteiger charge is -2.49. The Morgan fingerprint density at radius 2 is 0.467 bits per heavy atom. The third-order valence-corrected chi connectivity index (χ3v) is 10.1. The van der Waals surface area contributed by atoms with E-state index in [0.29, 0.717) is 24.3 Å². The van der Waals surface area contributed by atoms with E-state index in [1.807, 2.05) is 0 Å². The number of rotatable bonds is 4. The zero-order valence-corrected chi connectivity index (χ0v) is 27.9. The number of nitrogens with zero attached hydrogens (tertiary/aromatic N) is 2. The van der Waals surface area contributed by atoms with Gasteiger partial charge >= 0.3 is 13.0 Å². The second-order valence-electron chi connectivity index (χ2n) is 12.9. The standard InChI is InChI=1S/C34H6B2F20N2O2/c37-13-9(14(38)22(46)29(53)21(13)45)35(10-15(39)23(47)30(54)24(48)16(10)40)57-5-1-3-7(57)33-34(60-35)8-4-2-6-58(8)36(59-33,11-17(41)25(49)31(55)26(50)18(11)42)12-19(43)27(51)32(56)28(52)20(12)44/h1-6H. The zero-order valence-electron chi connectivity index (χ0n) is 27.9. The zero-order chi connectivity index (χ0) is 44.0. The molecule has 310 valence electrons. The van der Waals surface area contributed by atoms with Crippen LogP contribution >= 0.6 is 0 Å². The predicted octanol–water partition coefficient (Wildman–Crippen LogP) is 6.07. The van der Waals surface area contributed by atoms with Crippen molar-refractivity contribution in [3.05, 3.63) is 164 Å². The van der Waals surface area contributed by atoms with Crippen LogP contribution in [0.15, 0.2) is 47.2 Å². The largest absolute Gasteiger partial charge is 0.644 e. The minimum atomic E-state index is -5.54. The molecule has 0 amide bonds. The Labute approximate surface area is 317 Å². The van der Waals surface area contributed by atoms with Crippen molar-refractivity contribution >= 4 is 47.2 Å². The SMILES string of the molecule is Fc1c(F)c(F)c([B-]2(c3c(F)c(F)c(F)c(F)c3F)OC3=C4C=CC=[N+]4[B-](c4c(F)c(F)c(F)c(F)c4F)(c4c(F)c(F)c(F)c(F)c4F)OC3=C3C=CC=[N+]32)c(F)c1F. The quantitative estimate of drug-likeness (QED) is 0.108. The molecule has 0 aromatic heterocycles. The molecule has 0 bridgehead atoms. The van der Waals surface area contributed by atoms with Crippen LogP contribution in [0.5, 0.6) is 0 Å². The first-order valence-electron chi connectivity index (χ1n) is 16.0. The van der Waals surface area contributed by atoms with Gasteiger partial charge in [-0.25, -0.2) is 87.8 Å². The van der Waals surface area contributed by atoms with Crippen LogP contribution in [-0.4, -0.2) is 34.4 Å². The maximum atomic E-state index is 16.0. The number of hydrogen-bond acceptors (Lipinski definition) is 2. The Kier molecular flexibility index (Phi) is 8.73. The van der Waals surface area contributed by atoms with Gasteiger partial charge in [-0.15, -0.1) is 0 Å². The topological polar surface area (TPSA) is 24.5 Å².